The SMILES string of the molecule is CO[C@@H]1[C@H](O)[C@H](CO)O[C@H]1n1cc(C)c(=O)[nH]c1=O. The average molecular weight is 272 g/mol. The standard InChI is InChI=1S/C11H16N2O6/c1-5-3-13(11(17)12-9(5)16)10-8(18-2)7(15)6(4-14)19-10/h3,6-8,10,14-15H,4H2,1-2H3,(H,12,16,17)/t6-,7+,8+,10+/m0/s1. The molecule has 1 aromatic rings. The monoisotopic (exact) mass is 272 g/mol. The van der Waals surface area contributed by atoms with Crippen molar-refractivity contribution in [2.45, 2.75) is 31.5 Å². The highest BCUT2D eigenvalue weighted by Crippen LogP contribution is 2.30. The van der Waals surface area contributed by atoms with Crippen LogP contribution in [-0.4, -0.2) is 51.8 Å². The van der Waals surface area contributed by atoms with Crippen LogP contribution < -0.4 is 11.2 Å². The second-order valence-corrected chi connectivity index (χ2v) is 4.42. The highest BCUT2D eigenvalue weighted by molar-refractivity contribution is 5.03. The van der Waals surface area contributed by atoms with E-state index in [-0.39, 0.29) is 0 Å². The summed E-state index contributed by atoms with van der Waals surface area (Å²) in [7, 11) is 1.37. The minimum absolute atomic E-state index is 0.333. The average Bonchev–Trinajstić information content (AvgIpc) is 2.70. The number of aromatic nitrogens is 2. The Morgan fingerprint density at radius 3 is 2.79 bits per heavy atom. The summed E-state index contributed by atoms with van der Waals surface area (Å²) in [6.07, 6.45) is -2.27. The number of aliphatic hydroxyl groups excluding tert-OH is 2. The van der Waals surface area contributed by atoms with Gasteiger partial charge in [-0.05, 0) is 6.92 Å². The van der Waals surface area contributed by atoms with E-state index in [9.17, 15) is 14.7 Å². The molecule has 0 radical (unpaired) electrons. The van der Waals surface area contributed by atoms with Crippen LogP contribution in [0.5, 0.6) is 0 Å². The lowest BCUT2D eigenvalue weighted by molar-refractivity contribution is -0.0626. The Hall–Kier alpha value is -1.48. The van der Waals surface area contributed by atoms with E-state index >= 15 is 0 Å². The van der Waals surface area contributed by atoms with E-state index in [1.807, 2.05) is 0 Å². The van der Waals surface area contributed by atoms with Gasteiger partial charge in [0, 0.05) is 18.9 Å². The van der Waals surface area contributed by atoms with Gasteiger partial charge in [-0.15, -0.1) is 0 Å². The van der Waals surface area contributed by atoms with Crippen LogP contribution in [-0.2, 0) is 9.47 Å². The molecule has 8 nitrogen and oxygen atoms in total. The lowest BCUT2D eigenvalue weighted by Crippen LogP contribution is -2.39. The zero-order valence-electron chi connectivity index (χ0n) is 10.6. The van der Waals surface area contributed by atoms with Crippen molar-refractivity contribution in [1.29, 1.82) is 0 Å². The normalized spacial score (nSPS) is 30.7. The Morgan fingerprint density at radius 1 is 1.53 bits per heavy atom. The van der Waals surface area contributed by atoms with Crippen LogP contribution >= 0.6 is 0 Å². The Morgan fingerprint density at radius 2 is 2.21 bits per heavy atom. The van der Waals surface area contributed by atoms with Crippen molar-refractivity contribution in [1.82, 2.24) is 9.55 Å². The molecule has 0 bridgehead atoms. The Kier molecular flexibility index (Phi) is 3.85. The second kappa shape index (κ2) is 5.25. The third kappa shape index (κ3) is 2.35. The van der Waals surface area contributed by atoms with E-state index in [1.54, 1.807) is 6.92 Å². The molecule has 0 aromatic carbocycles. The molecule has 0 unspecified atom stereocenters. The Labute approximate surface area is 108 Å². The zero-order valence-corrected chi connectivity index (χ0v) is 10.6. The Balaban J connectivity index is 2.44. The molecule has 0 spiro atoms. The van der Waals surface area contributed by atoms with E-state index in [0.29, 0.717) is 5.56 Å². The van der Waals surface area contributed by atoms with Crippen LogP contribution in [0.4, 0.5) is 0 Å². The highest BCUT2D eigenvalue weighted by Gasteiger charge is 2.45. The van der Waals surface area contributed by atoms with Gasteiger partial charge < -0.3 is 19.7 Å². The maximum Gasteiger partial charge on any atom is 0.330 e. The molecule has 8 heteroatoms. The number of rotatable bonds is 3. The number of aromatic amines is 1. The van der Waals surface area contributed by atoms with E-state index in [2.05, 4.69) is 4.98 Å². The summed E-state index contributed by atoms with van der Waals surface area (Å²) < 4.78 is 11.7. The predicted octanol–water partition coefficient (Wildman–Crippen LogP) is -1.89. The van der Waals surface area contributed by atoms with Gasteiger partial charge in [0.1, 0.15) is 18.3 Å². The summed E-state index contributed by atoms with van der Waals surface area (Å²) >= 11 is 0. The molecule has 3 N–H and O–H groups in total. The van der Waals surface area contributed by atoms with E-state index in [0.717, 1.165) is 4.57 Å². The van der Waals surface area contributed by atoms with Gasteiger partial charge in [0.25, 0.3) is 5.56 Å². The molecule has 0 amide bonds. The first-order valence-corrected chi connectivity index (χ1v) is 5.78. The van der Waals surface area contributed by atoms with Crippen molar-refractivity contribution < 1.29 is 19.7 Å². The first kappa shape index (κ1) is 13.9. The number of aliphatic hydroxyl groups is 2. The van der Waals surface area contributed by atoms with Gasteiger partial charge in [0.2, 0.25) is 0 Å². The fraction of sp³-hybridized carbons (Fsp3) is 0.636. The number of nitrogens with zero attached hydrogens (tertiary/aromatic N) is 1. The molecule has 106 valence electrons. The minimum Gasteiger partial charge on any atom is -0.394 e. The van der Waals surface area contributed by atoms with Gasteiger partial charge in [0.15, 0.2) is 6.23 Å². The molecule has 4 atom stereocenters. The van der Waals surface area contributed by atoms with Crippen molar-refractivity contribution in [2.75, 3.05) is 13.7 Å². The topological polar surface area (TPSA) is 114 Å². The van der Waals surface area contributed by atoms with Gasteiger partial charge >= 0.3 is 5.69 Å². The van der Waals surface area contributed by atoms with Crippen molar-refractivity contribution >= 4 is 0 Å². The number of hydrogen-bond donors (Lipinski definition) is 3. The number of ether oxygens (including phenoxy) is 2. The summed E-state index contributed by atoms with van der Waals surface area (Å²) in [5.74, 6) is 0. The minimum atomic E-state index is -1.06. The van der Waals surface area contributed by atoms with Crippen LogP contribution in [0.15, 0.2) is 15.8 Å². The third-order valence-electron chi connectivity index (χ3n) is 3.18. The molecule has 2 rings (SSSR count). The van der Waals surface area contributed by atoms with Gasteiger partial charge in [-0.1, -0.05) is 0 Å². The van der Waals surface area contributed by atoms with Crippen LogP contribution in [0.1, 0.15) is 11.8 Å². The van der Waals surface area contributed by atoms with Crippen LogP contribution in [0.2, 0.25) is 0 Å². The predicted molar refractivity (Wildman–Crippen MR) is 63.9 cm³/mol. The van der Waals surface area contributed by atoms with Crippen LogP contribution in [0, 0.1) is 6.92 Å². The first-order chi connectivity index (χ1) is 8.99. The molecule has 1 aliphatic rings. The van der Waals surface area contributed by atoms with Crippen LogP contribution in [0.3, 0.4) is 0 Å². The fourth-order valence-electron chi connectivity index (χ4n) is 2.12. The molecule has 1 aromatic heterocycles. The highest BCUT2D eigenvalue weighted by atomic mass is 16.6. The maximum absolute atomic E-state index is 11.8. The summed E-state index contributed by atoms with van der Waals surface area (Å²) in [5, 5.41) is 19.0. The molecule has 0 aliphatic carbocycles. The molecule has 0 saturated carbocycles. The smallest absolute Gasteiger partial charge is 0.330 e. The number of aryl methyl sites for hydroxylation is 1. The Bertz CT molecular complexity index is 565. The third-order valence-corrected chi connectivity index (χ3v) is 3.18. The molecule has 1 aliphatic heterocycles. The largest absolute Gasteiger partial charge is 0.394 e. The molecular weight excluding hydrogens is 256 g/mol. The molecular formula is C11H16N2O6. The maximum atomic E-state index is 11.8. The summed E-state index contributed by atoms with van der Waals surface area (Å²) in [5.41, 5.74) is -0.805. The van der Waals surface area contributed by atoms with Gasteiger partial charge in [-0.3, -0.25) is 14.3 Å². The van der Waals surface area contributed by atoms with Gasteiger partial charge in [0.05, 0.1) is 6.61 Å². The lowest BCUT2D eigenvalue weighted by atomic mass is 10.1. The van der Waals surface area contributed by atoms with E-state index in [1.165, 1.54) is 13.3 Å². The molecule has 1 saturated heterocycles. The molecule has 1 fully saturated rings. The first-order valence-electron chi connectivity index (χ1n) is 5.78. The zero-order chi connectivity index (χ0) is 14.2. The van der Waals surface area contributed by atoms with Crippen molar-refractivity contribution in [3.05, 3.63) is 32.6 Å². The second-order valence-electron chi connectivity index (χ2n) is 4.42. The van der Waals surface area contributed by atoms with Gasteiger partial charge in [-0.25, -0.2) is 4.79 Å². The summed E-state index contributed by atoms with van der Waals surface area (Å²) in [6.45, 7) is 1.15. The fourth-order valence-corrected chi connectivity index (χ4v) is 2.12. The van der Waals surface area contributed by atoms with E-state index < -0.39 is 42.4 Å². The van der Waals surface area contributed by atoms with E-state index in [4.69, 9.17) is 14.6 Å². The van der Waals surface area contributed by atoms with Crippen molar-refractivity contribution in [3.63, 3.8) is 0 Å². The summed E-state index contributed by atoms with van der Waals surface area (Å²) in [6, 6.07) is 0. The van der Waals surface area contributed by atoms with Gasteiger partial charge in [-0.2, -0.15) is 0 Å². The quantitative estimate of drug-likeness (QED) is 0.593. The molecule has 2 heterocycles. The number of hydrogen-bond acceptors (Lipinski definition) is 6. The molecule has 19 heavy (non-hydrogen) atoms. The number of nitrogens with one attached hydrogen (secondary N) is 1. The lowest BCUT2D eigenvalue weighted by Gasteiger charge is -2.20. The van der Waals surface area contributed by atoms with Crippen molar-refractivity contribution in [2.24, 2.45) is 0 Å². The summed E-state index contributed by atoms with van der Waals surface area (Å²) in [4.78, 5) is 25.2. The number of H-pyrrole nitrogens is 1. The van der Waals surface area contributed by atoms with Crippen LogP contribution in [0.25, 0.3) is 0 Å². The number of methoxy groups -OCH3 is 1. The van der Waals surface area contributed by atoms with Crippen molar-refractivity contribution in [3.8, 4) is 0 Å².